The lowest BCUT2D eigenvalue weighted by Gasteiger charge is -2.34. The van der Waals surface area contributed by atoms with E-state index in [0.29, 0.717) is 35.6 Å². The van der Waals surface area contributed by atoms with Crippen molar-refractivity contribution in [3.8, 4) is 5.69 Å². The first-order chi connectivity index (χ1) is 15.0. The van der Waals surface area contributed by atoms with Gasteiger partial charge >= 0.3 is 5.97 Å². The number of methoxy groups -OCH3 is 1. The van der Waals surface area contributed by atoms with Crippen molar-refractivity contribution in [2.24, 2.45) is 0 Å². The Morgan fingerprint density at radius 1 is 1.10 bits per heavy atom. The number of carbonyl (C=O) groups is 2. The average Bonchev–Trinajstić information content (AvgIpc) is 3.38. The van der Waals surface area contributed by atoms with Gasteiger partial charge in [0.1, 0.15) is 5.69 Å². The first-order valence-corrected chi connectivity index (χ1v) is 10.4. The predicted molar refractivity (Wildman–Crippen MR) is 116 cm³/mol. The van der Waals surface area contributed by atoms with E-state index in [0.717, 1.165) is 30.9 Å². The number of aryl methyl sites for hydroxylation is 1. The van der Waals surface area contributed by atoms with E-state index < -0.39 is 5.97 Å². The van der Waals surface area contributed by atoms with Crippen LogP contribution < -0.4 is 0 Å². The quantitative estimate of drug-likeness (QED) is 0.640. The molecule has 1 aromatic carbocycles. The molecule has 0 radical (unpaired) electrons. The zero-order chi connectivity index (χ0) is 22.0. The number of piperazine rings is 1. The molecule has 1 N–H and O–H groups in total. The molecule has 0 unspecified atom stereocenters. The highest BCUT2D eigenvalue weighted by Crippen LogP contribution is 2.21. The Morgan fingerprint density at radius 3 is 2.48 bits per heavy atom. The van der Waals surface area contributed by atoms with Crippen LogP contribution >= 0.6 is 0 Å². The number of H-pyrrole nitrogens is 1. The fourth-order valence-electron chi connectivity index (χ4n) is 4.06. The monoisotopic (exact) mass is 421 g/mol. The summed E-state index contributed by atoms with van der Waals surface area (Å²) in [7, 11) is 1.35. The van der Waals surface area contributed by atoms with E-state index >= 15 is 0 Å². The molecule has 0 saturated carbocycles. The maximum Gasteiger partial charge on any atom is 0.339 e. The standard InChI is InChI=1S/C23H27N5O3/c1-16-20(23(30)31-3)17(2)25-21(16)22(29)27-11-9-26(10-12-27)14-18-13-24-28(15-18)19-7-5-4-6-8-19/h4-8,13,15,25H,9-12,14H2,1-3H3. The second-order valence-electron chi connectivity index (χ2n) is 7.81. The van der Waals surface area contributed by atoms with Crippen LogP contribution in [0.3, 0.4) is 0 Å². The summed E-state index contributed by atoms with van der Waals surface area (Å²) in [5, 5.41) is 4.46. The normalized spacial score (nSPS) is 14.6. The minimum absolute atomic E-state index is 0.0766. The zero-order valence-corrected chi connectivity index (χ0v) is 18.1. The molecule has 8 nitrogen and oxygen atoms in total. The molecule has 0 bridgehead atoms. The second kappa shape index (κ2) is 8.77. The van der Waals surface area contributed by atoms with Gasteiger partial charge in [-0.05, 0) is 31.5 Å². The maximum absolute atomic E-state index is 13.0. The van der Waals surface area contributed by atoms with E-state index in [4.69, 9.17) is 4.74 Å². The molecule has 1 aliphatic rings. The third kappa shape index (κ3) is 4.25. The minimum atomic E-state index is -0.425. The summed E-state index contributed by atoms with van der Waals surface area (Å²) in [5.41, 5.74) is 4.39. The molecule has 1 fully saturated rings. The molecule has 1 saturated heterocycles. The summed E-state index contributed by atoms with van der Waals surface area (Å²) in [6.45, 7) is 7.19. The number of ether oxygens (including phenoxy) is 1. The summed E-state index contributed by atoms with van der Waals surface area (Å²) in [4.78, 5) is 32.3. The summed E-state index contributed by atoms with van der Waals surface area (Å²) >= 11 is 0. The molecule has 0 spiro atoms. The topological polar surface area (TPSA) is 83.5 Å². The Balaban J connectivity index is 1.37. The van der Waals surface area contributed by atoms with Crippen LogP contribution in [-0.2, 0) is 11.3 Å². The lowest BCUT2D eigenvalue weighted by molar-refractivity contribution is 0.0599. The fraction of sp³-hybridized carbons (Fsp3) is 0.348. The molecule has 2 aromatic heterocycles. The molecule has 162 valence electrons. The van der Waals surface area contributed by atoms with Crippen LogP contribution in [0.15, 0.2) is 42.7 Å². The Labute approximate surface area is 181 Å². The van der Waals surface area contributed by atoms with Gasteiger partial charge < -0.3 is 14.6 Å². The number of nitrogens with one attached hydrogen (secondary N) is 1. The van der Waals surface area contributed by atoms with E-state index in [2.05, 4.69) is 15.0 Å². The maximum atomic E-state index is 13.0. The molecule has 1 amide bonds. The van der Waals surface area contributed by atoms with Gasteiger partial charge in [-0.3, -0.25) is 9.69 Å². The predicted octanol–water partition coefficient (Wildman–Crippen LogP) is 2.56. The van der Waals surface area contributed by atoms with Crippen LogP contribution in [0, 0.1) is 13.8 Å². The van der Waals surface area contributed by atoms with Crippen LogP contribution in [0.25, 0.3) is 5.69 Å². The van der Waals surface area contributed by atoms with Gasteiger partial charge in [0.2, 0.25) is 0 Å². The number of aromatic amines is 1. The molecule has 0 aliphatic carbocycles. The summed E-state index contributed by atoms with van der Waals surface area (Å²) < 4.78 is 6.72. The SMILES string of the molecule is COC(=O)c1c(C)[nH]c(C(=O)N2CCN(Cc3cnn(-c4ccccc4)c3)CC2)c1C. The van der Waals surface area contributed by atoms with Gasteiger partial charge in [0.15, 0.2) is 0 Å². The van der Waals surface area contributed by atoms with Crippen LogP contribution in [0.1, 0.15) is 37.7 Å². The van der Waals surface area contributed by atoms with Crippen molar-refractivity contribution >= 4 is 11.9 Å². The van der Waals surface area contributed by atoms with Gasteiger partial charge in [-0.15, -0.1) is 0 Å². The molecule has 3 aromatic rings. The number of carbonyl (C=O) groups excluding carboxylic acids is 2. The van der Waals surface area contributed by atoms with Gasteiger partial charge in [-0.2, -0.15) is 5.10 Å². The van der Waals surface area contributed by atoms with Gasteiger partial charge in [-0.25, -0.2) is 9.48 Å². The van der Waals surface area contributed by atoms with Crippen molar-refractivity contribution in [1.29, 1.82) is 0 Å². The molecular weight excluding hydrogens is 394 g/mol. The van der Waals surface area contributed by atoms with Crippen molar-refractivity contribution in [2.45, 2.75) is 20.4 Å². The van der Waals surface area contributed by atoms with Crippen LogP contribution in [0.2, 0.25) is 0 Å². The summed E-state index contributed by atoms with van der Waals surface area (Å²) in [5.74, 6) is -0.501. The Hall–Kier alpha value is -3.39. The highest BCUT2D eigenvalue weighted by Gasteiger charge is 2.28. The largest absolute Gasteiger partial charge is 0.465 e. The number of aromatic nitrogens is 3. The molecule has 1 aliphatic heterocycles. The molecular formula is C23H27N5O3. The number of hydrogen-bond donors (Lipinski definition) is 1. The van der Waals surface area contributed by atoms with Crippen molar-refractivity contribution in [1.82, 2.24) is 24.6 Å². The number of hydrogen-bond acceptors (Lipinski definition) is 5. The summed E-state index contributed by atoms with van der Waals surface area (Å²) in [6, 6.07) is 10.0. The minimum Gasteiger partial charge on any atom is -0.465 e. The first-order valence-electron chi connectivity index (χ1n) is 10.4. The Kier molecular flexibility index (Phi) is 5.90. The van der Waals surface area contributed by atoms with E-state index in [9.17, 15) is 9.59 Å². The number of esters is 1. The fourth-order valence-corrected chi connectivity index (χ4v) is 4.06. The number of para-hydroxylation sites is 1. The van der Waals surface area contributed by atoms with Crippen molar-refractivity contribution in [3.63, 3.8) is 0 Å². The smallest absolute Gasteiger partial charge is 0.339 e. The Bertz CT molecular complexity index is 1080. The van der Waals surface area contributed by atoms with E-state index in [-0.39, 0.29) is 5.91 Å². The van der Waals surface area contributed by atoms with Crippen molar-refractivity contribution < 1.29 is 14.3 Å². The van der Waals surface area contributed by atoms with Crippen molar-refractivity contribution in [3.05, 3.63) is 70.8 Å². The lowest BCUT2D eigenvalue weighted by Crippen LogP contribution is -2.48. The van der Waals surface area contributed by atoms with E-state index in [1.165, 1.54) is 7.11 Å². The van der Waals surface area contributed by atoms with Gasteiger partial charge in [-0.1, -0.05) is 18.2 Å². The molecule has 3 heterocycles. The Morgan fingerprint density at radius 2 is 1.81 bits per heavy atom. The second-order valence-corrected chi connectivity index (χ2v) is 7.81. The van der Waals surface area contributed by atoms with Crippen LogP contribution in [0.4, 0.5) is 0 Å². The van der Waals surface area contributed by atoms with Gasteiger partial charge in [0.25, 0.3) is 5.91 Å². The van der Waals surface area contributed by atoms with Gasteiger partial charge in [0.05, 0.1) is 24.6 Å². The third-order valence-electron chi connectivity index (χ3n) is 5.76. The highest BCUT2D eigenvalue weighted by atomic mass is 16.5. The highest BCUT2D eigenvalue weighted by molar-refractivity contribution is 6.00. The third-order valence-corrected chi connectivity index (χ3v) is 5.76. The van der Waals surface area contributed by atoms with Crippen LogP contribution in [-0.4, -0.2) is 69.7 Å². The zero-order valence-electron chi connectivity index (χ0n) is 18.1. The van der Waals surface area contributed by atoms with E-state index in [1.54, 1.807) is 13.8 Å². The van der Waals surface area contributed by atoms with E-state index in [1.807, 2.05) is 52.3 Å². The van der Waals surface area contributed by atoms with Crippen LogP contribution in [0.5, 0.6) is 0 Å². The number of nitrogens with zero attached hydrogens (tertiary/aromatic N) is 4. The van der Waals surface area contributed by atoms with Crippen molar-refractivity contribution in [2.75, 3.05) is 33.3 Å². The number of rotatable bonds is 5. The number of amides is 1. The number of benzene rings is 1. The van der Waals surface area contributed by atoms with Gasteiger partial charge in [0, 0.05) is 50.2 Å². The summed E-state index contributed by atoms with van der Waals surface area (Å²) in [6.07, 6.45) is 3.94. The lowest BCUT2D eigenvalue weighted by atomic mass is 10.1. The average molecular weight is 422 g/mol. The first kappa shape index (κ1) is 20.9. The molecule has 4 rings (SSSR count). The molecule has 0 atom stereocenters. The molecule has 31 heavy (non-hydrogen) atoms. The molecule has 8 heteroatoms.